The van der Waals surface area contributed by atoms with Crippen LogP contribution in [0.3, 0.4) is 0 Å². The van der Waals surface area contributed by atoms with Crippen molar-refractivity contribution in [2.24, 2.45) is 0 Å². The van der Waals surface area contributed by atoms with Crippen LogP contribution in [0.1, 0.15) is 19.3 Å². The van der Waals surface area contributed by atoms with Gasteiger partial charge in [-0.05, 0) is 25.9 Å². The number of carboxylic acid groups (broad SMARTS) is 1. The Morgan fingerprint density at radius 2 is 2.05 bits per heavy atom. The van der Waals surface area contributed by atoms with Crippen molar-refractivity contribution in [1.29, 1.82) is 0 Å². The molecule has 1 aliphatic rings. The molecule has 1 fully saturated rings. The Kier molecular flexibility index (Phi) is 5.60. The Morgan fingerprint density at radius 1 is 1.30 bits per heavy atom. The first-order valence-electron chi connectivity index (χ1n) is 6.79. The summed E-state index contributed by atoms with van der Waals surface area (Å²) in [6, 6.07) is 1.42. The summed E-state index contributed by atoms with van der Waals surface area (Å²) in [5.41, 5.74) is -0.327. The smallest absolute Gasteiger partial charge is 0.313 e. The van der Waals surface area contributed by atoms with Gasteiger partial charge in [0.05, 0.1) is 5.75 Å². The van der Waals surface area contributed by atoms with E-state index in [2.05, 4.69) is 9.88 Å². The van der Waals surface area contributed by atoms with Gasteiger partial charge in [0.15, 0.2) is 5.16 Å². The predicted octanol–water partition coefficient (Wildman–Crippen LogP) is 0.906. The molecule has 20 heavy (non-hydrogen) atoms. The summed E-state index contributed by atoms with van der Waals surface area (Å²) in [5, 5.41) is 9.21. The van der Waals surface area contributed by atoms with Crippen molar-refractivity contribution in [3.8, 4) is 0 Å². The van der Waals surface area contributed by atoms with Crippen molar-refractivity contribution in [3.05, 3.63) is 22.6 Å². The van der Waals surface area contributed by atoms with Crippen LogP contribution in [0.5, 0.6) is 0 Å². The van der Waals surface area contributed by atoms with Crippen LogP contribution in [0.4, 0.5) is 0 Å². The van der Waals surface area contributed by atoms with Crippen LogP contribution in [0.25, 0.3) is 0 Å². The number of likely N-dealkylation sites (tertiary alicyclic amines) is 1. The molecule has 0 aliphatic carbocycles. The Balaban J connectivity index is 1.98. The molecule has 1 aromatic heterocycles. The number of aliphatic carboxylic acids is 1. The summed E-state index contributed by atoms with van der Waals surface area (Å²) in [7, 11) is 0. The summed E-state index contributed by atoms with van der Waals surface area (Å²) in [6.45, 7) is 3.87. The number of aromatic nitrogens is 2. The second-order valence-corrected chi connectivity index (χ2v) is 5.77. The number of carboxylic acids is 1. The molecule has 0 radical (unpaired) electrons. The van der Waals surface area contributed by atoms with E-state index < -0.39 is 5.97 Å². The van der Waals surface area contributed by atoms with Gasteiger partial charge in [-0.1, -0.05) is 18.2 Å². The van der Waals surface area contributed by atoms with Gasteiger partial charge in [-0.25, -0.2) is 0 Å². The molecule has 1 N–H and O–H groups in total. The molecule has 2 heterocycles. The molecule has 0 aromatic carbocycles. The molecule has 0 unspecified atom stereocenters. The van der Waals surface area contributed by atoms with Crippen LogP contribution in [0.2, 0.25) is 0 Å². The van der Waals surface area contributed by atoms with Crippen LogP contribution in [-0.4, -0.2) is 50.9 Å². The van der Waals surface area contributed by atoms with E-state index in [0.717, 1.165) is 37.9 Å². The second kappa shape index (κ2) is 7.44. The summed E-state index contributed by atoms with van der Waals surface area (Å²) >= 11 is 1.09. The topological polar surface area (TPSA) is 75.4 Å². The van der Waals surface area contributed by atoms with E-state index in [9.17, 15) is 9.59 Å². The zero-order valence-electron chi connectivity index (χ0n) is 11.3. The molecule has 0 bridgehead atoms. The molecule has 0 amide bonds. The monoisotopic (exact) mass is 297 g/mol. The minimum Gasteiger partial charge on any atom is -0.481 e. The SMILES string of the molecule is O=C(O)CSc1nc(=O)ccn1CCN1CCCCC1. The highest BCUT2D eigenvalue weighted by Crippen LogP contribution is 2.14. The fourth-order valence-corrected chi connectivity index (χ4v) is 2.98. The van der Waals surface area contributed by atoms with Crippen molar-refractivity contribution in [2.75, 3.05) is 25.4 Å². The average molecular weight is 297 g/mol. The number of piperidine rings is 1. The first-order valence-corrected chi connectivity index (χ1v) is 7.78. The fourth-order valence-electron chi connectivity index (χ4n) is 2.26. The maximum atomic E-state index is 11.3. The van der Waals surface area contributed by atoms with Gasteiger partial charge in [0.1, 0.15) is 0 Å². The summed E-state index contributed by atoms with van der Waals surface area (Å²) < 4.78 is 1.86. The molecular weight excluding hydrogens is 278 g/mol. The molecule has 0 atom stereocenters. The highest BCUT2D eigenvalue weighted by Gasteiger charge is 2.11. The maximum absolute atomic E-state index is 11.3. The molecule has 7 heteroatoms. The summed E-state index contributed by atoms with van der Waals surface area (Å²) in [6.07, 6.45) is 5.48. The predicted molar refractivity (Wildman–Crippen MR) is 77.1 cm³/mol. The number of hydrogen-bond acceptors (Lipinski definition) is 5. The molecule has 0 spiro atoms. The third-order valence-electron chi connectivity index (χ3n) is 3.28. The van der Waals surface area contributed by atoms with Gasteiger partial charge in [-0.15, -0.1) is 0 Å². The number of nitrogens with zero attached hydrogens (tertiary/aromatic N) is 3. The molecule has 6 nitrogen and oxygen atoms in total. The van der Waals surface area contributed by atoms with Crippen LogP contribution >= 0.6 is 11.8 Å². The first-order chi connectivity index (χ1) is 9.65. The lowest BCUT2D eigenvalue weighted by molar-refractivity contribution is -0.133. The molecule has 0 saturated carbocycles. The third kappa shape index (κ3) is 4.64. The first kappa shape index (κ1) is 15.1. The summed E-state index contributed by atoms with van der Waals surface area (Å²) in [4.78, 5) is 28.2. The lowest BCUT2D eigenvalue weighted by atomic mass is 10.1. The minimum absolute atomic E-state index is 0.0832. The van der Waals surface area contributed by atoms with Gasteiger partial charge >= 0.3 is 5.97 Å². The third-order valence-corrected chi connectivity index (χ3v) is 4.25. The van der Waals surface area contributed by atoms with Gasteiger partial charge in [-0.3, -0.25) is 9.59 Å². The highest BCUT2D eigenvalue weighted by atomic mass is 32.2. The molecular formula is C13H19N3O3S. The maximum Gasteiger partial charge on any atom is 0.313 e. The van der Waals surface area contributed by atoms with Gasteiger partial charge in [0.2, 0.25) is 0 Å². The molecule has 1 saturated heterocycles. The number of rotatable bonds is 6. The normalized spacial score (nSPS) is 16.2. The standard InChI is InChI=1S/C13H19N3O3S/c17-11-4-7-16(13(14-11)20-10-12(18)19)9-8-15-5-2-1-3-6-15/h4,7H,1-3,5-6,8-10H2,(H,18,19). The Hall–Kier alpha value is -1.34. The van der Waals surface area contributed by atoms with E-state index in [4.69, 9.17) is 5.11 Å². The van der Waals surface area contributed by atoms with Gasteiger partial charge in [0, 0.05) is 25.4 Å². The van der Waals surface area contributed by atoms with Crippen molar-refractivity contribution in [3.63, 3.8) is 0 Å². The zero-order valence-corrected chi connectivity index (χ0v) is 12.1. The van der Waals surface area contributed by atoms with E-state index in [1.807, 2.05) is 4.57 Å². The molecule has 110 valence electrons. The number of carbonyl (C=O) groups is 1. The second-order valence-electron chi connectivity index (χ2n) is 4.83. The van der Waals surface area contributed by atoms with Crippen molar-refractivity contribution in [1.82, 2.24) is 14.5 Å². The molecule has 2 rings (SSSR count). The van der Waals surface area contributed by atoms with Crippen molar-refractivity contribution in [2.45, 2.75) is 31.0 Å². The lowest BCUT2D eigenvalue weighted by Gasteiger charge is -2.26. The fraction of sp³-hybridized carbons (Fsp3) is 0.615. The number of thioether (sulfide) groups is 1. The van der Waals surface area contributed by atoms with E-state index in [-0.39, 0.29) is 11.3 Å². The van der Waals surface area contributed by atoms with E-state index >= 15 is 0 Å². The van der Waals surface area contributed by atoms with Gasteiger partial charge < -0.3 is 14.6 Å². The van der Waals surface area contributed by atoms with Crippen molar-refractivity contribution >= 4 is 17.7 Å². The summed E-state index contributed by atoms with van der Waals surface area (Å²) in [5.74, 6) is -0.990. The Bertz CT molecular complexity index is 512. The number of hydrogen-bond donors (Lipinski definition) is 1. The van der Waals surface area contributed by atoms with Crippen LogP contribution < -0.4 is 5.56 Å². The van der Waals surface area contributed by atoms with Crippen LogP contribution in [0.15, 0.2) is 22.2 Å². The molecule has 1 aliphatic heterocycles. The average Bonchev–Trinajstić information content (AvgIpc) is 2.45. The van der Waals surface area contributed by atoms with E-state index in [0.29, 0.717) is 5.16 Å². The van der Waals surface area contributed by atoms with Crippen LogP contribution in [0, 0.1) is 0 Å². The zero-order chi connectivity index (χ0) is 14.4. The quantitative estimate of drug-likeness (QED) is 0.621. The lowest BCUT2D eigenvalue weighted by Crippen LogP contribution is -2.33. The highest BCUT2D eigenvalue weighted by molar-refractivity contribution is 7.99. The largest absolute Gasteiger partial charge is 0.481 e. The Morgan fingerprint density at radius 3 is 2.75 bits per heavy atom. The minimum atomic E-state index is -0.907. The van der Waals surface area contributed by atoms with Gasteiger partial charge in [0.25, 0.3) is 5.56 Å². The Labute approximate surface area is 121 Å². The van der Waals surface area contributed by atoms with Crippen molar-refractivity contribution < 1.29 is 9.90 Å². The molecule has 1 aromatic rings. The van der Waals surface area contributed by atoms with Gasteiger partial charge in [-0.2, -0.15) is 4.98 Å². The van der Waals surface area contributed by atoms with E-state index in [1.165, 1.54) is 25.3 Å². The van der Waals surface area contributed by atoms with Crippen LogP contribution in [-0.2, 0) is 11.3 Å². The van der Waals surface area contributed by atoms with E-state index in [1.54, 1.807) is 6.20 Å².